The van der Waals surface area contributed by atoms with Gasteiger partial charge in [0.05, 0.1) is 16.6 Å². The highest BCUT2D eigenvalue weighted by molar-refractivity contribution is 7.22. The number of hydrogen-bond acceptors (Lipinski definition) is 3. The van der Waals surface area contributed by atoms with Gasteiger partial charge < -0.3 is 5.32 Å². The van der Waals surface area contributed by atoms with Crippen molar-refractivity contribution in [2.24, 2.45) is 0 Å². The lowest BCUT2D eigenvalue weighted by Gasteiger charge is -2.10. The second-order valence-electron chi connectivity index (χ2n) is 6.48. The topological polar surface area (TPSA) is 42.0 Å². The molecule has 1 amide bonds. The van der Waals surface area contributed by atoms with E-state index in [4.69, 9.17) is 0 Å². The molecular formula is C20H22N2OS. The quantitative estimate of drug-likeness (QED) is 0.728. The van der Waals surface area contributed by atoms with Crippen LogP contribution in [0.25, 0.3) is 10.2 Å². The molecule has 2 aromatic carbocycles. The van der Waals surface area contributed by atoms with Crippen molar-refractivity contribution in [3.8, 4) is 0 Å². The van der Waals surface area contributed by atoms with Gasteiger partial charge in [-0.15, -0.1) is 0 Å². The van der Waals surface area contributed by atoms with Crippen LogP contribution in [0.1, 0.15) is 33.4 Å². The third kappa shape index (κ3) is 3.20. The van der Waals surface area contributed by atoms with Crippen LogP contribution < -0.4 is 5.32 Å². The van der Waals surface area contributed by atoms with Crippen LogP contribution in [-0.2, 0) is 11.2 Å². The monoisotopic (exact) mass is 338 g/mol. The van der Waals surface area contributed by atoms with Crippen molar-refractivity contribution in [1.82, 2.24) is 4.98 Å². The van der Waals surface area contributed by atoms with Gasteiger partial charge in [-0.2, -0.15) is 0 Å². The van der Waals surface area contributed by atoms with E-state index in [2.05, 4.69) is 69.2 Å². The number of carbonyl (C=O) groups excluding carboxylic acids is 1. The molecule has 0 spiro atoms. The Bertz CT molecular complexity index is 917. The fourth-order valence-corrected chi connectivity index (χ4v) is 4.03. The van der Waals surface area contributed by atoms with Crippen molar-refractivity contribution in [2.45, 2.75) is 41.0 Å². The van der Waals surface area contributed by atoms with E-state index in [-0.39, 0.29) is 5.91 Å². The number of nitrogens with one attached hydrogen (secondary N) is 1. The molecule has 0 atom stereocenters. The number of nitrogens with zero attached hydrogens (tertiary/aromatic N) is 1. The Morgan fingerprint density at radius 3 is 2.38 bits per heavy atom. The lowest BCUT2D eigenvalue weighted by atomic mass is 9.97. The molecule has 0 bridgehead atoms. The van der Waals surface area contributed by atoms with Gasteiger partial charge in [-0.3, -0.25) is 4.79 Å². The molecule has 1 N–H and O–H groups in total. The number of benzene rings is 2. The van der Waals surface area contributed by atoms with Crippen molar-refractivity contribution in [3.63, 3.8) is 0 Å². The van der Waals surface area contributed by atoms with Gasteiger partial charge in [-0.05, 0) is 68.5 Å². The number of carbonyl (C=O) groups is 1. The fourth-order valence-electron chi connectivity index (χ4n) is 3.09. The highest BCUT2D eigenvalue weighted by atomic mass is 32.1. The molecule has 0 aliphatic heterocycles. The summed E-state index contributed by atoms with van der Waals surface area (Å²) in [5, 5.41) is 3.64. The van der Waals surface area contributed by atoms with Crippen LogP contribution >= 0.6 is 11.3 Å². The van der Waals surface area contributed by atoms with Gasteiger partial charge in [0.2, 0.25) is 5.91 Å². The van der Waals surface area contributed by atoms with Gasteiger partial charge in [0.1, 0.15) is 0 Å². The molecule has 0 unspecified atom stereocenters. The van der Waals surface area contributed by atoms with Crippen molar-refractivity contribution in [3.05, 3.63) is 57.6 Å². The minimum Gasteiger partial charge on any atom is -0.302 e. The second-order valence-corrected chi connectivity index (χ2v) is 7.51. The van der Waals surface area contributed by atoms with Crippen LogP contribution in [-0.4, -0.2) is 10.9 Å². The van der Waals surface area contributed by atoms with Gasteiger partial charge in [0, 0.05) is 0 Å². The van der Waals surface area contributed by atoms with Crippen molar-refractivity contribution in [1.29, 1.82) is 0 Å². The van der Waals surface area contributed by atoms with Crippen molar-refractivity contribution in [2.75, 3.05) is 5.32 Å². The molecule has 0 saturated heterocycles. The first-order valence-corrected chi connectivity index (χ1v) is 8.90. The Labute approximate surface area is 146 Å². The van der Waals surface area contributed by atoms with Crippen LogP contribution in [0.3, 0.4) is 0 Å². The van der Waals surface area contributed by atoms with Crippen molar-refractivity contribution < 1.29 is 4.79 Å². The summed E-state index contributed by atoms with van der Waals surface area (Å²) in [5.74, 6) is -0.0153. The number of aryl methyl sites for hydroxylation is 5. The lowest BCUT2D eigenvalue weighted by Crippen LogP contribution is -2.15. The number of fused-ring (bicyclic) bond motifs is 1. The minimum atomic E-state index is -0.0153. The lowest BCUT2D eigenvalue weighted by molar-refractivity contribution is -0.115. The summed E-state index contributed by atoms with van der Waals surface area (Å²) in [7, 11) is 0. The number of hydrogen-bond donors (Lipinski definition) is 1. The Balaban J connectivity index is 1.82. The normalized spacial score (nSPS) is 11.0. The van der Waals surface area contributed by atoms with Crippen LogP contribution in [0.5, 0.6) is 0 Å². The van der Waals surface area contributed by atoms with E-state index in [0.29, 0.717) is 11.6 Å². The molecule has 0 aliphatic rings. The van der Waals surface area contributed by atoms with E-state index >= 15 is 0 Å². The molecule has 1 heterocycles. The average Bonchev–Trinajstić information content (AvgIpc) is 2.90. The molecule has 0 radical (unpaired) electrons. The summed E-state index contributed by atoms with van der Waals surface area (Å²) in [4.78, 5) is 17.1. The fraction of sp³-hybridized carbons (Fsp3) is 0.300. The Hall–Kier alpha value is -2.20. The van der Waals surface area contributed by atoms with Crippen LogP contribution in [0.2, 0.25) is 0 Å². The number of rotatable bonds is 3. The Morgan fingerprint density at radius 1 is 1.04 bits per heavy atom. The molecular weight excluding hydrogens is 316 g/mol. The zero-order valence-electron chi connectivity index (χ0n) is 14.8. The predicted octanol–water partition coefficient (Wildman–Crippen LogP) is 5.02. The van der Waals surface area contributed by atoms with Gasteiger partial charge >= 0.3 is 0 Å². The average molecular weight is 338 g/mol. The summed E-state index contributed by atoms with van der Waals surface area (Å²) in [6.45, 7) is 10.4. The summed E-state index contributed by atoms with van der Waals surface area (Å²) >= 11 is 1.53. The molecule has 24 heavy (non-hydrogen) atoms. The maximum Gasteiger partial charge on any atom is 0.230 e. The van der Waals surface area contributed by atoms with E-state index in [1.165, 1.54) is 39.2 Å². The summed E-state index contributed by atoms with van der Waals surface area (Å²) < 4.78 is 1.11. The van der Waals surface area contributed by atoms with Gasteiger partial charge in [0.25, 0.3) is 0 Å². The maximum atomic E-state index is 12.5. The standard InChI is InChI=1S/C20H22N2OS/c1-11-8-13(3)16(14(4)9-11)10-18(23)21-20-22-19-15(5)12(2)6-7-17(19)24-20/h6-9H,10H2,1-5H3,(H,21,22,23). The molecule has 0 saturated carbocycles. The Morgan fingerprint density at radius 2 is 1.71 bits per heavy atom. The molecule has 3 aromatic rings. The Kier molecular flexibility index (Phi) is 4.41. The first-order valence-electron chi connectivity index (χ1n) is 8.08. The van der Waals surface area contributed by atoms with E-state index in [1.807, 2.05) is 0 Å². The first-order chi connectivity index (χ1) is 11.3. The minimum absolute atomic E-state index is 0.0153. The van der Waals surface area contributed by atoms with Crippen LogP contribution in [0, 0.1) is 34.6 Å². The van der Waals surface area contributed by atoms with E-state index in [1.54, 1.807) is 0 Å². The molecule has 4 heteroatoms. The summed E-state index contributed by atoms with van der Waals surface area (Å²) in [6.07, 6.45) is 0.381. The van der Waals surface area contributed by atoms with Gasteiger partial charge in [-0.1, -0.05) is 35.1 Å². The number of aromatic nitrogens is 1. The van der Waals surface area contributed by atoms with E-state index in [0.717, 1.165) is 15.8 Å². The largest absolute Gasteiger partial charge is 0.302 e. The highest BCUT2D eigenvalue weighted by Crippen LogP contribution is 2.29. The first kappa shape index (κ1) is 16.7. The third-order valence-electron chi connectivity index (χ3n) is 4.51. The van der Waals surface area contributed by atoms with E-state index < -0.39 is 0 Å². The summed E-state index contributed by atoms with van der Waals surface area (Å²) in [5.41, 5.74) is 8.04. The number of anilines is 1. The third-order valence-corrected chi connectivity index (χ3v) is 5.44. The molecule has 1 aromatic heterocycles. The smallest absolute Gasteiger partial charge is 0.230 e. The molecule has 124 valence electrons. The molecule has 0 aliphatic carbocycles. The molecule has 3 rings (SSSR count). The predicted molar refractivity (Wildman–Crippen MR) is 102 cm³/mol. The maximum absolute atomic E-state index is 12.5. The molecule has 3 nitrogen and oxygen atoms in total. The van der Waals surface area contributed by atoms with E-state index in [9.17, 15) is 4.79 Å². The number of amides is 1. The highest BCUT2D eigenvalue weighted by Gasteiger charge is 2.13. The summed E-state index contributed by atoms with van der Waals surface area (Å²) in [6, 6.07) is 8.42. The zero-order chi connectivity index (χ0) is 17.4. The van der Waals surface area contributed by atoms with Gasteiger partial charge in [0.15, 0.2) is 5.13 Å². The van der Waals surface area contributed by atoms with Gasteiger partial charge in [-0.25, -0.2) is 4.98 Å². The SMILES string of the molecule is Cc1cc(C)c(CC(=O)Nc2nc3c(C)c(C)ccc3s2)c(C)c1. The van der Waals surface area contributed by atoms with Crippen LogP contribution in [0.4, 0.5) is 5.13 Å². The van der Waals surface area contributed by atoms with Crippen LogP contribution in [0.15, 0.2) is 24.3 Å². The second kappa shape index (κ2) is 6.36. The number of thiazole rings is 1. The van der Waals surface area contributed by atoms with Crippen molar-refractivity contribution >= 4 is 32.6 Å². The zero-order valence-corrected chi connectivity index (χ0v) is 15.6. The molecule has 0 fully saturated rings.